The highest BCUT2D eigenvalue weighted by molar-refractivity contribution is 6.32. The van der Waals surface area contributed by atoms with Crippen LogP contribution in [0.3, 0.4) is 0 Å². The third-order valence-electron chi connectivity index (χ3n) is 1.29. The zero-order chi connectivity index (χ0) is 9.14. The minimum absolute atomic E-state index is 0.0601. The molecule has 12 heavy (non-hydrogen) atoms. The number of hydrogen-bond donors (Lipinski definition) is 3. The van der Waals surface area contributed by atoms with Gasteiger partial charge in [-0.05, 0) is 17.7 Å². The highest BCUT2D eigenvalue weighted by Gasteiger charge is 2.05. The maximum absolute atomic E-state index is 9.07. The van der Waals surface area contributed by atoms with Crippen molar-refractivity contribution in [1.82, 2.24) is 0 Å². The minimum Gasteiger partial charge on any atom is -0.504 e. The molecule has 0 bridgehead atoms. The van der Waals surface area contributed by atoms with Crippen LogP contribution < -0.4 is 5.84 Å². The highest BCUT2D eigenvalue weighted by atomic mass is 35.5. The number of hydrogen-bond acceptors (Lipinski definition) is 4. The second-order valence-corrected chi connectivity index (χ2v) is 2.56. The van der Waals surface area contributed by atoms with E-state index in [4.69, 9.17) is 27.7 Å². The number of hydrazone groups is 1. The van der Waals surface area contributed by atoms with Gasteiger partial charge >= 0.3 is 0 Å². The summed E-state index contributed by atoms with van der Waals surface area (Å²) in [5, 5.41) is 21.4. The van der Waals surface area contributed by atoms with Gasteiger partial charge in [0, 0.05) is 0 Å². The van der Waals surface area contributed by atoms with Gasteiger partial charge in [0.15, 0.2) is 11.5 Å². The first kappa shape index (κ1) is 8.67. The van der Waals surface area contributed by atoms with Gasteiger partial charge in [-0.15, -0.1) is 0 Å². The van der Waals surface area contributed by atoms with Crippen LogP contribution in [0.5, 0.6) is 11.5 Å². The summed E-state index contributed by atoms with van der Waals surface area (Å²) in [7, 11) is 0. The van der Waals surface area contributed by atoms with Crippen LogP contribution in [0.1, 0.15) is 5.56 Å². The van der Waals surface area contributed by atoms with Gasteiger partial charge in [-0.3, -0.25) is 0 Å². The molecule has 0 heterocycles. The molecule has 0 aromatic heterocycles. The van der Waals surface area contributed by atoms with Crippen LogP contribution in [0.4, 0.5) is 0 Å². The van der Waals surface area contributed by atoms with Crippen LogP contribution in [0, 0.1) is 0 Å². The van der Waals surface area contributed by atoms with Crippen molar-refractivity contribution in [2.45, 2.75) is 0 Å². The number of nitrogens with zero attached hydrogens (tertiary/aromatic N) is 1. The van der Waals surface area contributed by atoms with E-state index in [2.05, 4.69) is 5.10 Å². The quantitative estimate of drug-likeness (QED) is 0.265. The van der Waals surface area contributed by atoms with Crippen molar-refractivity contribution >= 4 is 17.8 Å². The van der Waals surface area contributed by atoms with Crippen LogP contribution in [0.2, 0.25) is 5.02 Å². The van der Waals surface area contributed by atoms with E-state index in [1.807, 2.05) is 0 Å². The van der Waals surface area contributed by atoms with Crippen molar-refractivity contribution in [2.24, 2.45) is 10.9 Å². The largest absolute Gasteiger partial charge is 0.504 e. The number of rotatable bonds is 1. The van der Waals surface area contributed by atoms with Crippen molar-refractivity contribution in [1.29, 1.82) is 0 Å². The predicted octanol–water partition coefficient (Wildman–Crippen LogP) is 1.04. The van der Waals surface area contributed by atoms with Crippen LogP contribution in [-0.4, -0.2) is 16.4 Å². The summed E-state index contributed by atoms with van der Waals surface area (Å²) in [4.78, 5) is 0. The molecule has 0 aliphatic carbocycles. The lowest BCUT2D eigenvalue weighted by molar-refractivity contribution is 0.404. The Labute approximate surface area is 73.9 Å². The van der Waals surface area contributed by atoms with E-state index in [1.54, 1.807) is 0 Å². The average Bonchev–Trinajstić information content (AvgIpc) is 2.01. The summed E-state index contributed by atoms with van der Waals surface area (Å²) in [6.45, 7) is 0. The van der Waals surface area contributed by atoms with E-state index >= 15 is 0 Å². The lowest BCUT2D eigenvalue weighted by atomic mass is 10.2. The molecule has 0 atom stereocenters. The fourth-order valence-corrected chi connectivity index (χ4v) is 0.988. The van der Waals surface area contributed by atoms with Gasteiger partial charge in [-0.25, -0.2) is 0 Å². The van der Waals surface area contributed by atoms with Gasteiger partial charge in [0.1, 0.15) is 0 Å². The lowest BCUT2D eigenvalue weighted by Gasteiger charge is -2.00. The Morgan fingerprint density at radius 2 is 2.08 bits per heavy atom. The SMILES string of the molecule is N/N=C/c1cc(O)c(O)c(Cl)c1. The molecule has 0 aliphatic heterocycles. The molecule has 4 nitrogen and oxygen atoms in total. The molecule has 5 heteroatoms. The Morgan fingerprint density at radius 1 is 1.42 bits per heavy atom. The molecule has 4 N–H and O–H groups in total. The van der Waals surface area contributed by atoms with E-state index in [1.165, 1.54) is 18.3 Å². The van der Waals surface area contributed by atoms with Gasteiger partial charge in [0.2, 0.25) is 0 Å². The normalized spacial score (nSPS) is 10.8. The van der Waals surface area contributed by atoms with Gasteiger partial charge in [-0.1, -0.05) is 11.6 Å². The first-order valence-electron chi connectivity index (χ1n) is 3.10. The lowest BCUT2D eigenvalue weighted by Crippen LogP contribution is -1.86. The second-order valence-electron chi connectivity index (χ2n) is 2.15. The number of aromatic hydroxyl groups is 2. The first-order valence-corrected chi connectivity index (χ1v) is 3.47. The van der Waals surface area contributed by atoms with E-state index < -0.39 is 0 Å². The summed E-state index contributed by atoms with van der Waals surface area (Å²) in [5.74, 6) is 4.25. The van der Waals surface area contributed by atoms with Crippen LogP contribution >= 0.6 is 11.6 Å². The maximum atomic E-state index is 9.07. The summed E-state index contributed by atoms with van der Waals surface area (Å²) in [6, 6.07) is 2.74. The highest BCUT2D eigenvalue weighted by Crippen LogP contribution is 2.33. The van der Waals surface area contributed by atoms with Crippen molar-refractivity contribution in [3.8, 4) is 11.5 Å². The number of benzene rings is 1. The monoisotopic (exact) mass is 186 g/mol. The molecule has 0 fully saturated rings. The molecule has 1 aromatic rings. The molecule has 0 spiro atoms. The van der Waals surface area contributed by atoms with Crippen molar-refractivity contribution in [3.63, 3.8) is 0 Å². The average molecular weight is 187 g/mol. The third kappa shape index (κ3) is 1.60. The van der Waals surface area contributed by atoms with Crippen LogP contribution in [-0.2, 0) is 0 Å². The van der Waals surface area contributed by atoms with E-state index in [-0.39, 0.29) is 16.5 Å². The number of nitrogens with two attached hydrogens (primary N) is 1. The predicted molar refractivity (Wildman–Crippen MR) is 46.6 cm³/mol. The van der Waals surface area contributed by atoms with E-state index in [9.17, 15) is 0 Å². The summed E-state index contributed by atoms with van der Waals surface area (Å²) in [5.41, 5.74) is 0.526. The number of phenolic OH excluding ortho intramolecular Hbond substituents is 2. The van der Waals surface area contributed by atoms with E-state index in [0.29, 0.717) is 5.56 Å². The fourth-order valence-electron chi connectivity index (χ4n) is 0.766. The summed E-state index contributed by atoms with van der Waals surface area (Å²) in [6.07, 6.45) is 1.31. The zero-order valence-electron chi connectivity index (χ0n) is 6.03. The molecular weight excluding hydrogens is 180 g/mol. The van der Waals surface area contributed by atoms with Crippen molar-refractivity contribution < 1.29 is 10.2 Å². The second kappa shape index (κ2) is 3.32. The Hall–Kier alpha value is -1.42. The summed E-state index contributed by atoms with van der Waals surface area (Å²) < 4.78 is 0. The Kier molecular flexibility index (Phi) is 2.40. The van der Waals surface area contributed by atoms with Crippen molar-refractivity contribution in [3.05, 3.63) is 22.7 Å². The molecule has 1 rings (SSSR count). The smallest absolute Gasteiger partial charge is 0.176 e. The fraction of sp³-hybridized carbons (Fsp3) is 0. The molecule has 1 aromatic carbocycles. The number of halogens is 1. The molecule has 0 aliphatic rings. The van der Waals surface area contributed by atoms with Crippen LogP contribution in [0.15, 0.2) is 17.2 Å². The standard InChI is InChI=1S/C7H7ClN2O2/c8-5-1-4(3-10-9)2-6(11)7(5)12/h1-3,11-12H,9H2/b10-3+. The Bertz CT molecular complexity index is 302. The van der Waals surface area contributed by atoms with Gasteiger partial charge in [0.25, 0.3) is 0 Å². The third-order valence-corrected chi connectivity index (χ3v) is 1.58. The Balaban J connectivity index is 3.21. The molecule has 0 saturated heterocycles. The van der Waals surface area contributed by atoms with Gasteiger partial charge in [-0.2, -0.15) is 5.10 Å². The molecule has 64 valence electrons. The zero-order valence-corrected chi connectivity index (χ0v) is 6.78. The topological polar surface area (TPSA) is 78.8 Å². The first-order chi connectivity index (χ1) is 5.65. The minimum atomic E-state index is -0.342. The molecule has 0 radical (unpaired) electrons. The van der Waals surface area contributed by atoms with Crippen LogP contribution in [0.25, 0.3) is 0 Å². The molecular formula is C7H7ClN2O2. The molecule has 0 amide bonds. The summed E-state index contributed by atoms with van der Waals surface area (Å²) >= 11 is 5.54. The van der Waals surface area contributed by atoms with E-state index in [0.717, 1.165) is 0 Å². The molecule has 0 unspecified atom stereocenters. The maximum Gasteiger partial charge on any atom is 0.176 e. The Morgan fingerprint density at radius 3 is 2.58 bits per heavy atom. The number of phenols is 2. The van der Waals surface area contributed by atoms with Crippen molar-refractivity contribution in [2.75, 3.05) is 0 Å². The van der Waals surface area contributed by atoms with Gasteiger partial charge < -0.3 is 16.1 Å². The van der Waals surface area contributed by atoms with Gasteiger partial charge in [0.05, 0.1) is 11.2 Å². The molecule has 0 saturated carbocycles.